The third-order valence-electron chi connectivity index (χ3n) is 20.2. The molecule has 68 heavy (non-hydrogen) atoms. The number of ether oxygens (including phenoxy) is 6. The molecule has 5 aliphatic carbocycles. The van der Waals surface area contributed by atoms with Crippen molar-refractivity contribution in [2.45, 2.75) is 210 Å². The molecular weight excluding hydrogens is 893 g/mol. The number of allylic oxidation sites excluding steroid dienone is 1. The molecule has 8 fully saturated rings. The number of carbonyl (C=O) groups excluding carboxylic acids is 1. The van der Waals surface area contributed by atoms with Crippen LogP contribution in [0.3, 0.4) is 0 Å². The van der Waals surface area contributed by atoms with Crippen molar-refractivity contribution in [1.82, 2.24) is 0 Å². The van der Waals surface area contributed by atoms with E-state index in [-0.39, 0.29) is 46.0 Å². The maximum atomic E-state index is 15.1. The Morgan fingerprint density at radius 2 is 1.38 bits per heavy atom. The Morgan fingerprint density at radius 3 is 2.04 bits per heavy atom. The summed E-state index contributed by atoms with van der Waals surface area (Å²) in [6, 6.07) is 0. The van der Waals surface area contributed by atoms with E-state index in [9.17, 15) is 61.3 Å². The molecule has 25 atom stereocenters. The lowest BCUT2D eigenvalue weighted by Gasteiger charge is -2.72. The summed E-state index contributed by atoms with van der Waals surface area (Å²) in [5.74, 6) is -6.65. The number of aliphatic hydroxyl groups is 12. The van der Waals surface area contributed by atoms with Crippen LogP contribution in [-0.4, -0.2) is 179 Å². The first-order chi connectivity index (χ1) is 31.8. The fraction of sp³-hybridized carbons (Fsp3) is 0.939. The van der Waals surface area contributed by atoms with Crippen molar-refractivity contribution in [3.63, 3.8) is 0 Å². The highest BCUT2D eigenvalue weighted by molar-refractivity contribution is 5.78. The lowest BCUT2D eigenvalue weighted by atomic mass is 9.32. The van der Waals surface area contributed by atoms with Gasteiger partial charge in [0, 0.05) is 6.61 Å². The molecule has 5 saturated carbocycles. The summed E-state index contributed by atoms with van der Waals surface area (Å²) >= 11 is 0. The third kappa shape index (κ3) is 7.90. The number of fused-ring (bicyclic) bond motifs is 7. The minimum absolute atomic E-state index is 0.0360. The van der Waals surface area contributed by atoms with E-state index in [1.165, 1.54) is 6.92 Å². The molecule has 3 heterocycles. The second-order valence-electron chi connectivity index (χ2n) is 23.3. The predicted octanol–water partition coefficient (Wildman–Crippen LogP) is 0.0557. The Morgan fingerprint density at radius 1 is 0.706 bits per heavy atom. The van der Waals surface area contributed by atoms with Gasteiger partial charge in [-0.2, -0.15) is 0 Å². The van der Waals surface area contributed by atoms with Crippen molar-refractivity contribution in [1.29, 1.82) is 0 Å². The zero-order valence-electron chi connectivity index (χ0n) is 40.4. The van der Waals surface area contributed by atoms with Crippen molar-refractivity contribution >= 4 is 5.97 Å². The highest BCUT2D eigenvalue weighted by Gasteiger charge is 2.73. The number of hydrogen-bond donors (Lipinski definition) is 12. The van der Waals surface area contributed by atoms with Gasteiger partial charge in [-0.3, -0.25) is 4.79 Å². The summed E-state index contributed by atoms with van der Waals surface area (Å²) < 4.78 is 33.5. The predicted molar refractivity (Wildman–Crippen MR) is 236 cm³/mol. The quantitative estimate of drug-likeness (QED) is 0.0740. The standard InChI is InChI=1S/C49H80O19/c1-8-23(2)25-12-17-47(19-18-45(6)26(31(25)47)10-11-30-44(5)15-9-14-43(4,22-51)29(44)13-16-46(30,45)7)42(60)68-49(62)39(58)35(55)33(53)28(67-49)21-63-48(61)40(59)37(57)38(27(20-50)66-48)65-41-36(56)34(54)32(52)24(3)64-41/h24-41,50-59,61-62H,2,8-22H2,1,3-7H3/t24-,25+,26-,27?,28?,29+,30-,31-,32-,33-,34+,35?,36+,37?,38-,39+,40+,41?,43+,44+,45-,46-,47+,48+,49-/m1/s1. The monoisotopic (exact) mass is 973 g/mol. The van der Waals surface area contributed by atoms with Crippen molar-refractivity contribution in [2.75, 3.05) is 19.8 Å². The van der Waals surface area contributed by atoms with Crippen LogP contribution >= 0.6 is 0 Å². The zero-order chi connectivity index (χ0) is 49.9. The van der Waals surface area contributed by atoms with Crippen LogP contribution in [-0.2, 0) is 33.2 Å². The van der Waals surface area contributed by atoms with E-state index in [4.69, 9.17) is 28.4 Å². The lowest BCUT2D eigenvalue weighted by Crippen LogP contribution is -2.70. The Bertz CT molecular complexity index is 1860. The molecule has 19 nitrogen and oxygen atoms in total. The minimum Gasteiger partial charge on any atom is -0.405 e. The van der Waals surface area contributed by atoms with Gasteiger partial charge in [-0.15, -0.1) is 0 Å². The van der Waals surface area contributed by atoms with Gasteiger partial charge in [0.05, 0.1) is 24.7 Å². The number of hydrogen-bond acceptors (Lipinski definition) is 19. The molecule has 390 valence electrons. The molecule has 3 aliphatic heterocycles. The van der Waals surface area contributed by atoms with Gasteiger partial charge in [0.1, 0.15) is 54.9 Å². The molecule has 12 N–H and O–H groups in total. The van der Waals surface area contributed by atoms with Gasteiger partial charge < -0.3 is 89.7 Å². The Kier molecular flexibility index (Phi) is 14.4. The van der Waals surface area contributed by atoms with Gasteiger partial charge in [-0.05, 0) is 129 Å². The molecule has 0 aromatic carbocycles. The van der Waals surface area contributed by atoms with Crippen LogP contribution in [0.5, 0.6) is 0 Å². The van der Waals surface area contributed by atoms with Gasteiger partial charge in [0.15, 0.2) is 18.5 Å². The SMILES string of the molecule is C=C(CC)[C@@H]1CC[C@]2(C(=O)O[C@]3(O)OC(CO[C@]4(O)OC(CO)[C@@H](OC5O[C@H](C)[C@@H](O)[C@H](O)[C@@H]5O)C(O)[C@@H]4O)[C@@H](O)C(O)[C@@H]3O)CC[C@]3(C)[C@H](CC[C@@H]4[C@@]5(C)CCC[C@@](C)(CO)[C@@H]5CC[C@]43C)[C@@H]12. The molecule has 0 aromatic rings. The van der Waals surface area contributed by atoms with E-state index in [2.05, 4.69) is 41.2 Å². The molecule has 8 aliphatic rings. The normalized spacial score (nSPS) is 55.9. The largest absolute Gasteiger partial charge is 0.405 e. The van der Waals surface area contributed by atoms with E-state index in [1.807, 2.05) is 0 Å². The number of aliphatic hydroxyl groups excluding tert-OH is 10. The van der Waals surface area contributed by atoms with Gasteiger partial charge in [0.2, 0.25) is 0 Å². The summed E-state index contributed by atoms with van der Waals surface area (Å²) in [5.41, 5.74) is -0.442. The van der Waals surface area contributed by atoms with Crippen molar-refractivity contribution < 1.29 is 94.5 Å². The zero-order valence-corrected chi connectivity index (χ0v) is 40.4. The summed E-state index contributed by atoms with van der Waals surface area (Å²) in [5, 5.41) is 131. The fourth-order valence-corrected chi connectivity index (χ4v) is 16.1. The number of carbonyl (C=O) groups is 1. The summed E-state index contributed by atoms with van der Waals surface area (Å²) in [6.45, 7) is 15.7. The molecule has 0 amide bonds. The van der Waals surface area contributed by atoms with Gasteiger partial charge in [-0.25, -0.2) is 0 Å². The van der Waals surface area contributed by atoms with Gasteiger partial charge in [-0.1, -0.05) is 53.2 Å². The van der Waals surface area contributed by atoms with E-state index in [1.54, 1.807) is 0 Å². The smallest absolute Gasteiger partial charge is 0.357 e. The van der Waals surface area contributed by atoms with Crippen LogP contribution in [0, 0.1) is 56.7 Å². The molecule has 0 aromatic heterocycles. The van der Waals surface area contributed by atoms with E-state index >= 15 is 4.79 Å². The van der Waals surface area contributed by atoms with Crippen molar-refractivity contribution in [3.05, 3.63) is 12.2 Å². The maximum Gasteiger partial charge on any atom is 0.357 e. The van der Waals surface area contributed by atoms with Crippen LogP contribution < -0.4 is 0 Å². The first-order valence-corrected chi connectivity index (χ1v) is 25.1. The highest BCUT2D eigenvalue weighted by atomic mass is 16.9. The Hall–Kier alpha value is -1.47. The van der Waals surface area contributed by atoms with Crippen molar-refractivity contribution in [3.8, 4) is 0 Å². The molecule has 3 saturated heterocycles. The fourth-order valence-electron chi connectivity index (χ4n) is 16.1. The third-order valence-corrected chi connectivity index (χ3v) is 20.2. The molecule has 0 radical (unpaired) electrons. The maximum absolute atomic E-state index is 15.1. The topological polar surface area (TPSA) is 315 Å². The molecule has 5 unspecified atom stereocenters. The van der Waals surface area contributed by atoms with Gasteiger partial charge in [0.25, 0.3) is 0 Å². The second kappa shape index (κ2) is 18.5. The van der Waals surface area contributed by atoms with Gasteiger partial charge >= 0.3 is 17.9 Å². The van der Waals surface area contributed by atoms with Crippen LogP contribution in [0.15, 0.2) is 12.2 Å². The van der Waals surface area contributed by atoms with Crippen LogP contribution in [0.25, 0.3) is 0 Å². The number of rotatable bonds is 11. The minimum atomic E-state index is -3.25. The summed E-state index contributed by atoms with van der Waals surface area (Å²) in [7, 11) is 0. The molecule has 0 bridgehead atoms. The average molecular weight is 973 g/mol. The molecule has 19 heteroatoms. The van der Waals surface area contributed by atoms with Crippen LogP contribution in [0.4, 0.5) is 0 Å². The van der Waals surface area contributed by atoms with E-state index in [0.717, 1.165) is 50.5 Å². The Balaban J connectivity index is 1.00. The molecule has 0 spiro atoms. The van der Waals surface area contributed by atoms with Crippen molar-refractivity contribution in [2.24, 2.45) is 56.7 Å². The van der Waals surface area contributed by atoms with E-state index < -0.39 is 116 Å². The second-order valence-corrected chi connectivity index (χ2v) is 23.3. The lowest BCUT2D eigenvalue weighted by molar-refractivity contribution is -0.474. The first kappa shape index (κ1) is 52.8. The first-order valence-electron chi connectivity index (χ1n) is 25.1. The summed E-state index contributed by atoms with van der Waals surface area (Å²) in [6.07, 6.45) is -14.3. The molecule has 8 rings (SSSR count). The van der Waals surface area contributed by atoms with Crippen LogP contribution in [0.2, 0.25) is 0 Å². The summed E-state index contributed by atoms with van der Waals surface area (Å²) in [4.78, 5) is 15.1. The Labute approximate surface area is 398 Å². The highest BCUT2D eigenvalue weighted by Crippen LogP contribution is 2.77. The van der Waals surface area contributed by atoms with Crippen LogP contribution in [0.1, 0.15) is 119 Å². The molecular formula is C49H80O19. The number of esters is 1. The van der Waals surface area contributed by atoms with E-state index in [0.29, 0.717) is 43.9 Å². The average Bonchev–Trinajstić information content (AvgIpc) is 3.71.